The van der Waals surface area contributed by atoms with Crippen LogP contribution in [0, 0.1) is 5.92 Å². The minimum absolute atomic E-state index is 0.127. The maximum Gasteiger partial charge on any atom is 0.407 e. The molecule has 0 spiro atoms. The molecule has 2 aromatic rings. The summed E-state index contributed by atoms with van der Waals surface area (Å²) in [6, 6.07) is 6.29. The number of fused-ring (bicyclic) bond motifs is 1. The standard InChI is InChI=1S/C21H29N3O5/c1-14(23(2)21(25)26)12-27-16-7-9-24(10-8-16)20-22-18-6-5-17(11-19(18)29-20)28-13-15-3-4-15/h5-6,11,14-16H,3-4,7-10,12-13H2,1-2H3,(H,25,26)/t14-/m0/s1. The fourth-order valence-electron chi connectivity index (χ4n) is 3.41. The molecule has 8 nitrogen and oxygen atoms in total. The highest BCUT2D eigenvalue weighted by Gasteiger charge is 2.25. The molecule has 1 aromatic carbocycles. The first-order chi connectivity index (χ1) is 14.0. The van der Waals surface area contributed by atoms with E-state index in [1.807, 2.05) is 25.1 Å². The fraction of sp³-hybridized carbons (Fsp3) is 0.619. The molecule has 2 fully saturated rings. The van der Waals surface area contributed by atoms with Crippen molar-refractivity contribution in [3.8, 4) is 5.75 Å². The molecule has 1 saturated carbocycles. The van der Waals surface area contributed by atoms with Gasteiger partial charge < -0.3 is 28.8 Å². The lowest BCUT2D eigenvalue weighted by Gasteiger charge is -2.32. The summed E-state index contributed by atoms with van der Waals surface area (Å²) in [5.74, 6) is 1.55. The average molecular weight is 403 g/mol. The molecule has 1 saturated heterocycles. The molecule has 1 aromatic heterocycles. The SMILES string of the molecule is C[C@@H](COC1CCN(c2nc3ccc(OCC4CC4)cc3o2)CC1)N(C)C(=O)O. The lowest BCUT2D eigenvalue weighted by Crippen LogP contribution is -2.41. The molecule has 1 aliphatic carbocycles. The van der Waals surface area contributed by atoms with Crippen LogP contribution in [0.15, 0.2) is 22.6 Å². The van der Waals surface area contributed by atoms with Crippen LogP contribution in [-0.4, -0.2) is 66.6 Å². The number of rotatable bonds is 8. The Morgan fingerprint density at radius 2 is 2.10 bits per heavy atom. The van der Waals surface area contributed by atoms with Crippen molar-refractivity contribution in [3.63, 3.8) is 0 Å². The van der Waals surface area contributed by atoms with Gasteiger partial charge in [-0.05, 0) is 50.7 Å². The van der Waals surface area contributed by atoms with Gasteiger partial charge in [0, 0.05) is 26.2 Å². The number of benzene rings is 1. The molecule has 2 aliphatic rings. The molecule has 1 N–H and O–H groups in total. The van der Waals surface area contributed by atoms with Crippen LogP contribution >= 0.6 is 0 Å². The van der Waals surface area contributed by atoms with Crippen molar-refractivity contribution >= 4 is 23.2 Å². The molecule has 29 heavy (non-hydrogen) atoms. The molecule has 1 aliphatic heterocycles. The third-order valence-corrected chi connectivity index (χ3v) is 5.78. The highest BCUT2D eigenvalue weighted by Crippen LogP contribution is 2.31. The summed E-state index contributed by atoms with van der Waals surface area (Å²) in [6.07, 6.45) is 3.44. The Balaban J connectivity index is 1.28. The summed E-state index contributed by atoms with van der Waals surface area (Å²) in [4.78, 5) is 19.0. The average Bonchev–Trinajstić information content (AvgIpc) is 3.46. The van der Waals surface area contributed by atoms with Gasteiger partial charge in [0.1, 0.15) is 11.3 Å². The van der Waals surface area contributed by atoms with E-state index < -0.39 is 6.09 Å². The molecule has 1 atom stereocenters. The zero-order chi connectivity index (χ0) is 20.4. The smallest absolute Gasteiger partial charge is 0.407 e. The van der Waals surface area contributed by atoms with E-state index in [1.165, 1.54) is 17.7 Å². The second-order valence-electron chi connectivity index (χ2n) is 8.14. The number of ether oxygens (including phenoxy) is 2. The topological polar surface area (TPSA) is 88.3 Å². The van der Waals surface area contributed by atoms with E-state index in [0.29, 0.717) is 18.5 Å². The number of piperidine rings is 1. The van der Waals surface area contributed by atoms with Gasteiger partial charge in [0.15, 0.2) is 5.58 Å². The summed E-state index contributed by atoms with van der Waals surface area (Å²) >= 11 is 0. The Morgan fingerprint density at radius 3 is 2.79 bits per heavy atom. The Bertz CT molecular complexity index is 842. The van der Waals surface area contributed by atoms with Crippen LogP contribution in [0.5, 0.6) is 5.75 Å². The summed E-state index contributed by atoms with van der Waals surface area (Å²) in [5, 5.41) is 9.02. The van der Waals surface area contributed by atoms with Gasteiger partial charge >= 0.3 is 6.09 Å². The molecule has 158 valence electrons. The molecule has 2 heterocycles. The van der Waals surface area contributed by atoms with Gasteiger partial charge in [0.2, 0.25) is 0 Å². The van der Waals surface area contributed by atoms with Crippen LogP contribution in [0.3, 0.4) is 0 Å². The van der Waals surface area contributed by atoms with E-state index in [9.17, 15) is 4.79 Å². The van der Waals surface area contributed by atoms with Crippen molar-refractivity contribution in [2.45, 2.75) is 44.8 Å². The Hall–Kier alpha value is -2.48. The Kier molecular flexibility index (Phi) is 5.80. The number of anilines is 1. The number of hydrogen-bond acceptors (Lipinski definition) is 6. The van der Waals surface area contributed by atoms with Crippen molar-refractivity contribution in [2.75, 3.05) is 38.3 Å². The van der Waals surface area contributed by atoms with Gasteiger partial charge in [-0.3, -0.25) is 0 Å². The van der Waals surface area contributed by atoms with E-state index in [4.69, 9.17) is 19.0 Å². The maximum absolute atomic E-state index is 11.0. The predicted molar refractivity (Wildman–Crippen MR) is 109 cm³/mol. The predicted octanol–water partition coefficient (Wildman–Crippen LogP) is 3.60. The van der Waals surface area contributed by atoms with Crippen LogP contribution in [0.4, 0.5) is 10.8 Å². The molecule has 8 heteroatoms. The van der Waals surface area contributed by atoms with Crippen molar-refractivity contribution < 1.29 is 23.8 Å². The number of likely N-dealkylation sites (N-methyl/N-ethyl adjacent to an activating group) is 1. The first-order valence-corrected chi connectivity index (χ1v) is 10.4. The highest BCUT2D eigenvalue weighted by atomic mass is 16.5. The zero-order valence-electron chi connectivity index (χ0n) is 17.0. The molecule has 1 amide bonds. The molecular formula is C21H29N3O5. The van der Waals surface area contributed by atoms with Gasteiger partial charge in [-0.2, -0.15) is 4.98 Å². The van der Waals surface area contributed by atoms with Gasteiger partial charge in [0.25, 0.3) is 6.01 Å². The molecule has 0 bridgehead atoms. The summed E-state index contributed by atoms with van der Waals surface area (Å²) in [6.45, 7) is 4.63. The van der Waals surface area contributed by atoms with Gasteiger partial charge in [-0.1, -0.05) is 0 Å². The highest BCUT2D eigenvalue weighted by molar-refractivity contribution is 5.76. The van der Waals surface area contributed by atoms with Crippen LogP contribution in [0.1, 0.15) is 32.6 Å². The lowest BCUT2D eigenvalue weighted by atomic mass is 10.1. The second-order valence-corrected chi connectivity index (χ2v) is 8.14. The van der Waals surface area contributed by atoms with E-state index >= 15 is 0 Å². The zero-order valence-corrected chi connectivity index (χ0v) is 17.0. The van der Waals surface area contributed by atoms with Crippen LogP contribution in [-0.2, 0) is 4.74 Å². The maximum atomic E-state index is 11.0. The fourth-order valence-corrected chi connectivity index (χ4v) is 3.41. The third-order valence-electron chi connectivity index (χ3n) is 5.78. The van der Waals surface area contributed by atoms with Crippen LogP contribution in [0.2, 0.25) is 0 Å². The summed E-state index contributed by atoms with van der Waals surface area (Å²) < 4.78 is 17.7. The van der Waals surface area contributed by atoms with Gasteiger partial charge in [-0.15, -0.1) is 0 Å². The lowest BCUT2D eigenvalue weighted by molar-refractivity contribution is 0.00793. The number of carbonyl (C=O) groups is 1. The van der Waals surface area contributed by atoms with Crippen LogP contribution in [0.25, 0.3) is 11.1 Å². The van der Waals surface area contributed by atoms with Gasteiger partial charge in [-0.25, -0.2) is 4.79 Å². The number of oxazole rings is 1. The number of amides is 1. The van der Waals surface area contributed by atoms with E-state index in [-0.39, 0.29) is 12.1 Å². The van der Waals surface area contributed by atoms with Gasteiger partial charge in [0.05, 0.1) is 25.4 Å². The van der Waals surface area contributed by atoms with E-state index in [0.717, 1.165) is 49.4 Å². The van der Waals surface area contributed by atoms with E-state index in [2.05, 4.69) is 9.88 Å². The first-order valence-electron chi connectivity index (χ1n) is 10.4. The third kappa shape index (κ3) is 4.93. The monoisotopic (exact) mass is 403 g/mol. The first kappa shape index (κ1) is 19.8. The molecule has 0 unspecified atom stereocenters. The summed E-state index contributed by atoms with van der Waals surface area (Å²) in [7, 11) is 1.56. The van der Waals surface area contributed by atoms with Crippen molar-refractivity contribution in [1.82, 2.24) is 9.88 Å². The Morgan fingerprint density at radius 1 is 1.34 bits per heavy atom. The number of carboxylic acid groups (broad SMARTS) is 1. The van der Waals surface area contributed by atoms with Crippen molar-refractivity contribution in [2.24, 2.45) is 5.92 Å². The quantitative estimate of drug-likeness (QED) is 0.720. The normalized spacial score (nSPS) is 18.8. The number of hydrogen-bond donors (Lipinski definition) is 1. The van der Waals surface area contributed by atoms with Crippen molar-refractivity contribution in [3.05, 3.63) is 18.2 Å². The molecule has 4 rings (SSSR count). The minimum atomic E-state index is -0.937. The molecular weight excluding hydrogens is 374 g/mol. The van der Waals surface area contributed by atoms with Crippen molar-refractivity contribution in [1.29, 1.82) is 0 Å². The van der Waals surface area contributed by atoms with Crippen LogP contribution < -0.4 is 9.64 Å². The molecule has 0 radical (unpaired) electrons. The number of nitrogens with zero attached hydrogens (tertiary/aromatic N) is 3. The summed E-state index contributed by atoms with van der Waals surface area (Å²) in [5.41, 5.74) is 1.58. The largest absolute Gasteiger partial charge is 0.493 e. The second kappa shape index (κ2) is 8.49. The minimum Gasteiger partial charge on any atom is -0.493 e. The number of aromatic nitrogens is 1. The Labute approximate surface area is 170 Å². The van der Waals surface area contributed by atoms with E-state index in [1.54, 1.807) is 7.05 Å².